The molecule has 27 heavy (non-hydrogen) atoms. The number of thiophene rings is 1. The second-order valence-corrected chi connectivity index (χ2v) is 8.50. The van der Waals surface area contributed by atoms with Crippen LogP contribution in [0, 0.1) is 0 Å². The lowest BCUT2D eigenvalue weighted by Gasteiger charge is -2.08. The van der Waals surface area contributed by atoms with Crippen molar-refractivity contribution in [3.63, 3.8) is 0 Å². The highest BCUT2D eigenvalue weighted by Crippen LogP contribution is 2.28. The van der Waals surface area contributed by atoms with Crippen LogP contribution in [0.15, 0.2) is 64.3 Å². The molecule has 0 aliphatic heterocycles. The van der Waals surface area contributed by atoms with Crippen molar-refractivity contribution in [1.29, 1.82) is 0 Å². The van der Waals surface area contributed by atoms with E-state index in [1.807, 2.05) is 18.2 Å². The number of hydrogen-bond donors (Lipinski definition) is 2. The van der Waals surface area contributed by atoms with Crippen LogP contribution in [0.25, 0.3) is 10.4 Å². The monoisotopic (exact) mass is 406 g/mol. The molecule has 0 saturated heterocycles. The van der Waals surface area contributed by atoms with Gasteiger partial charge in [-0.1, -0.05) is 0 Å². The molecular weight excluding hydrogens is 388 g/mol. The molecule has 0 radical (unpaired) electrons. The smallest absolute Gasteiger partial charge is 0.411 e. The SMILES string of the molecule is COC(=O)Nc1ccc(S(=O)(=O)NCCc2ccc(-c3ccoc3)s2)cc1. The Morgan fingerprint density at radius 2 is 1.93 bits per heavy atom. The van der Waals surface area contributed by atoms with E-state index in [9.17, 15) is 13.2 Å². The number of amides is 1. The highest BCUT2D eigenvalue weighted by Gasteiger charge is 2.14. The van der Waals surface area contributed by atoms with Crippen LogP contribution in [0.5, 0.6) is 0 Å². The number of sulfonamides is 1. The molecule has 3 aromatic rings. The number of methoxy groups -OCH3 is 1. The van der Waals surface area contributed by atoms with Gasteiger partial charge in [-0.3, -0.25) is 5.32 Å². The number of nitrogens with one attached hydrogen (secondary N) is 2. The van der Waals surface area contributed by atoms with Gasteiger partial charge in [0.2, 0.25) is 10.0 Å². The zero-order valence-electron chi connectivity index (χ0n) is 14.5. The van der Waals surface area contributed by atoms with Crippen LogP contribution in [0.4, 0.5) is 10.5 Å². The molecule has 2 aromatic heterocycles. The van der Waals surface area contributed by atoms with Crippen molar-refractivity contribution >= 4 is 33.1 Å². The van der Waals surface area contributed by atoms with Gasteiger partial charge in [0.1, 0.15) is 0 Å². The maximum Gasteiger partial charge on any atom is 0.411 e. The van der Waals surface area contributed by atoms with E-state index in [1.165, 1.54) is 31.4 Å². The number of anilines is 1. The normalized spacial score (nSPS) is 11.3. The van der Waals surface area contributed by atoms with Crippen LogP contribution in [0.3, 0.4) is 0 Å². The molecule has 0 aliphatic rings. The van der Waals surface area contributed by atoms with Gasteiger partial charge in [-0.2, -0.15) is 0 Å². The Balaban J connectivity index is 1.56. The minimum atomic E-state index is -3.62. The van der Waals surface area contributed by atoms with Crippen LogP contribution in [-0.2, 0) is 21.2 Å². The van der Waals surface area contributed by atoms with Crippen LogP contribution in [0.1, 0.15) is 4.88 Å². The maximum absolute atomic E-state index is 12.4. The third kappa shape index (κ3) is 4.97. The van der Waals surface area contributed by atoms with Gasteiger partial charge in [0.25, 0.3) is 0 Å². The Morgan fingerprint density at radius 3 is 2.59 bits per heavy atom. The van der Waals surface area contributed by atoms with E-state index in [0.29, 0.717) is 12.1 Å². The van der Waals surface area contributed by atoms with E-state index in [-0.39, 0.29) is 11.4 Å². The van der Waals surface area contributed by atoms with Crippen molar-refractivity contribution in [3.8, 4) is 10.4 Å². The molecule has 0 aliphatic carbocycles. The topological polar surface area (TPSA) is 97.6 Å². The molecule has 0 fully saturated rings. The number of ether oxygens (including phenoxy) is 1. The standard InChI is InChI=1S/C18H18N2O5S2/c1-24-18(21)20-14-2-5-16(6-3-14)27(22,23)19-10-8-15-4-7-17(26-15)13-9-11-25-12-13/h2-7,9,11-12,19H,8,10H2,1H3,(H,20,21). The Kier molecular flexibility index (Phi) is 5.94. The first-order valence-corrected chi connectivity index (χ1v) is 10.3. The molecule has 1 aromatic carbocycles. The second kappa shape index (κ2) is 8.38. The van der Waals surface area contributed by atoms with E-state index in [1.54, 1.807) is 23.9 Å². The molecule has 0 atom stereocenters. The van der Waals surface area contributed by atoms with Gasteiger partial charge >= 0.3 is 6.09 Å². The molecule has 9 heteroatoms. The lowest BCUT2D eigenvalue weighted by Crippen LogP contribution is -2.25. The average Bonchev–Trinajstić information content (AvgIpc) is 3.33. The van der Waals surface area contributed by atoms with Crippen molar-refractivity contribution < 1.29 is 22.4 Å². The fraction of sp³-hybridized carbons (Fsp3) is 0.167. The second-order valence-electron chi connectivity index (χ2n) is 5.57. The lowest BCUT2D eigenvalue weighted by atomic mass is 10.3. The number of rotatable bonds is 7. The van der Waals surface area contributed by atoms with Gasteiger partial charge in [0.15, 0.2) is 0 Å². The first-order chi connectivity index (χ1) is 13.0. The van der Waals surface area contributed by atoms with Crippen molar-refractivity contribution in [2.45, 2.75) is 11.3 Å². The molecule has 7 nitrogen and oxygen atoms in total. The summed E-state index contributed by atoms with van der Waals surface area (Å²) in [5, 5.41) is 2.47. The summed E-state index contributed by atoms with van der Waals surface area (Å²) in [7, 11) is -2.37. The van der Waals surface area contributed by atoms with Crippen LogP contribution in [-0.4, -0.2) is 28.2 Å². The van der Waals surface area contributed by atoms with Crippen molar-refractivity contribution in [3.05, 3.63) is 59.9 Å². The average molecular weight is 406 g/mol. The molecule has 0 unspecified atom stereocenters. The maximum atomic E-state index is 12.4. The summed E-state index contributed by atoms with van der Waals surface area (Å²) in [6, 6.07) is 11.7. The minimum Gasteiger partial charge on any atom is -0.472 e. The van der Waals surface area contributed by atoms with E-state index in [2.05, 4.69) is 14.8 Å². The molecule has 2 N–H and O–H groups in total. The predicted molar refractivity (Wildman–Crippen MR) is 103 cm³/mol. The molecule has 1 amide bonds. The van der Waals surface area contributed by atoms with Gasteiger partial charge in [-0.15, -0.1) is 11.3 Å². The van der Waals surface area contributed by atoms with Crippen LogP contribution in [0.2, 0.25) is 0 Å². The molecule has 142 valence electrons. The van der Waals surface area contributed by atoms with Crippen LogP contribution < -0.4 is 10.0 Å². The number of hydrogen-bond acceptors (Lipinski definition) is 6. The minimum absolute atomic E-state index is 0.128. The van der Waals surface area contributed by atoms with E-state index in [0.717, 1.165) is 15.3 Å². The van der Waals surface area contributed by atoms with Crippen molar-refractivity contribution in [1.82, 2.24) is 4.72 Å². The highest BCUT2D eigenvalue weighted by atomic mass is 32.2. The summed E-state index contributed by atoms with van der Waals surface area (Å²) < 4.78 is 36.9. The van der Waals surface area contributed by atoms with Crippen molar-refractivity contribution in [2.75, 3.05) is 19.0 Å². The lowest BCUT2D eigenvalue weighted by molar-refractivity contribution is 0.187. The number of furan rings is 1. The fourth-order valence-corrected chi connectivity index (χ4v) is 4.37. The summed E-state index contributed by atoms with van der Waals surface area (Å²) in [5.74, 6) is 0. The van der Waals surface area contributed by atoms with Gasteiger partial charge in [-0.05, 0) is 48.9 Å². The Bertz CT molecular complexity index is 993. The number of benzene rings is 1. The summed E-state index contributed by atoms with van der Waals surface area (Å²) in [5.41, 5.74) is 1.46. The Hall–Kier alpha value is -2.62. The number of carbonyl (C=O) groups is 1. The Morgan fingerprint density at radius 1 is 1.15 bits per heavy atom. The summed E-state index contributed by atoms with van der Waals surface area (Å²) in [4.78, 5) is 13.4. The van der Waals surface area contributed by atoms with Crippen molar-refractivity contribution in [2.24, 2.45) is 0 Å². The zero-order valence-corrected chi connectivity index (χ0v) is 16.1. The zero-order chi connectivity index (χ0) is 19.3. The molecular formula is C18H18N2O5S2. The molecule has 0 bridgehead atoms. The van der Waals surface area contributed by atoms with E-state index < -0.39 is 16.1 Å². The molecule has 3 rings (SSSR count). The predicted octanol–water partition coefficient (Wildman–Crippen LogP) is 3.71. The molecule has 0 saturated carbocycles. The quantitative estimate of drug-likeness (QED) is 0.623. The van der Waals surface area contributed by atoms with Gasteiger partial charge in [0, 0.05) is 27.5 Å². The highest BCUT2D eigenvalue weighted by molar-refractivity contribution is 7.89. The third-order valence-electron chi connectivity index (χ3n) is 3.73. The summed E-state index contributed by atoms with van der Waals surface area (Å²) >= 11 is 1.60. The van der Waals surface area contributed by atoms with E-state index >= 15 is 0 Å². The Labute approximate surface area is 161 Å². The van der Waals surface area contributed by atoms with Gasteiger partial charge < -0.3 is 9.15 Å². The fourth-order valence-electron chi connectivity index (χ4n) is 2.35. The van der Waals surface area contributed by atoms with Gasteiger partial charge in [-0.25, -0.2) is 17.9 Å². The number of carbonyl (C=O) groups excluding carboxylic acids is 1. The summed E-state index contributed by atoms with van der Waals surface area (Å²) in [6.45, 7) is 0.288. The first kappa shape index (κ1) is 19.2. The molecule has 2 heterocycles. The largest absolute Gasteiger partial charge is 0.472 e. The third-order valence-corrected chi connectivity index (χ3v) is 6.40. The first-order valence-electron chi connectivity index (χ1n) is 8.04. The molecule has 0 spiro atoms. The van der Waals surface area contributed by atoms with Gasteiger partial charge in [0.05, 0.1) is 24.5 Å². The van der Waals surface area contributed by atoms with E-state index in [4.69, 9.17) is 4.42 Å². The summed E-state index contributed by atoms with van der Waals surface area (Å²) in [6.07, 6.45) is 3.27. The van der Waals surface area contributed by atoms with Crippen LogP contribution >= 0.6 is 11.3 Å².